The van der Waals surface area contributed by atoms with E-state index in [2.05, 4.69) is 0 Å². The molecule has 2 aromatic rings. The fourth-order valence-electron chi connectivity index (χ4n) is 2.24. The summed E-state index contributed by atoms with van der Waals surface area (Å²) in [6.45, 7) is 3.94. The van der Waals surface area contributed by atoms with Crippen LogP contribution in [0.1, 0.15) is 27.8 Å². The molecule has 2 aromatic carbocycles. The van der Waals surface area contributed by atoms with Crippen LogP contribution in [0.5, 0.6) is 0 Å². The Kier molecular flexibility index (Phi) is 6.75. The molecular weight excluding hydrogens is 305 g/mol. The van der Waals surface area contributed by atoms with Crippen molar-refractivity contribution in [2.24, 2.45) is 0 Å². The van der Waals surface area contributed by atoms with Crippen molar-refractivity contribution in [3.63, 3.8) is 0 Å². The minimum absolute atomic E-state index is 0. The van der Waals surface area contributed by atoms with Crippen LogP contribution in [0.3, 0.4) is 0 Å². The number of hydrogen-bond donors (Lipinski definition) is 2. The molecule has 0 fully saturated rings. The number of nitrogen functional groups attached to an aromatic ring is 1. The van der Waals surface area contributed by atoms with Gasteiger partial charge in [0.15, 0.2) is 0 Å². The molecule has 110 valence electrons. The number of rotatable bonds is 4. The summed E-state index contributed by atoms with van der Waals surface area (Å²) < 4.78 is 0. The normalized spacial score (nSPS) is 9.91. The van der Waals surface area contributed by atoms with Gasteiger partial charge in [0, 0.05) is 11.3 Å². The molecule has 0 atom stereocenters. The maximum absolute atomic E-state index is 10.9. The van der Waals surface area contributed by atoms with Gasteiger partial charge in [-0.3, -0.25) is 4.79 Å². The minimum atomic E-state index is -0.905. The van der Waals surface area contributed by atoms with E-state index in [1.807, 2.05) is 44.2 Å². The summed E-state index contributed by atoms with van der Waals surface area (Å²) in [5, 5.41) is 8.95. The Bertz CT molecular complexity index is 711. The van der Waals surface area contributed by atoms with Gasteiger partial charge in [-0.1, -0.05) is 54.2 Å². The molecule has 2 rings (SSSR count). The Labute approximate surface area is 157 Å². The Balaban J connectivity index is 0.00000242. The summed E-state index contributed by atoms with van der Waals surface area (Å²) in [7, 11) is 0. The number of aliphatic carboxylic acids is 1. The molecule has 0 saturated heterocycles. The molecule has 0 heterocycles. The number of hydrogen-bond acceptors (Lipinski definition) is 3. The number of nitrogens with two attached hydrogens (primary N) is 1. The van der Waals surface area contributed by atoms with Gasteiger partial charge in [-0.05, 0) is 30.5 Å². The predicted molar refractivity (Wildman–Crippen MR) is 96.1 cm³/mol. The summed E-state index contributed by atoms with van der Waals surface area (Å²) in [6, 6.07) is 11.5. The SMILES string of the molecule is Cc1ccc(C(=S)c2c(C)ccc(CC(=O)O)c2N)cc1.[NaH]. The number of carboxylic acids is 1. The zero-order chi connectivity index (χ0) is 15.6. The molecule has 0 aliphatic carbocycles. The molecule has 0 aliphatic heterocycles. The Morgan fingerprint density at radius 3 is 2.27 bits per heavy atom. The number of aryl methyl sites for hydroxylation is 2. The van der Waals surface area contributed by atoms with Crippen molar-refractivity contribution >= 4 is 58.3 Å². The van der Waals surface area contributed by atoms with Gasteiger partial charge in [0.25, 0.3) is 0 Å². The number of thiocarbonyl (C=S) groups is 1. The molecule has 3 nitrogen and oxygen atoms in total. The third kappa shape index (κ3) is 4.17. The van der Waals surface area contributed by atoms with E-state index >= 15 is 0 Å². The van der Waals surface area contributed by atoms with Gasteiger partial charge < -0.3 is 10.8 Å². The van der Waals surface area contributed by atoms with E-state index in [1.165, 1.54) is 0 Å². The van der Waals surface area contributed by atoms with Crippen LogP contribution in [0.2, 0.25) is 0 Å². The zero-order valence-electron chi connectivity index (χ0n) is 12.0. The summed E-state index contributed by atoms with van der Waals surface area (Å²) in [5.41, 5.74) is 11.0. The molecule has 0 unspecified atom stereocenters. The molecule has 0 spiro atoms. The standard InChI is InChI=1S/C17H17NO2S.Na.H/c1-10-3-6-12(7-4-10)17(21)15-11(2)5-8-13(16(15)18)9-14(19)20;;/h3-8H,9,18H2,1-2H3,(H,19,20);;. The van der Waals surface area contributed by atoms with Gasteiger partial charge in [0.05, 0.1) is 11.3 Å². The van der Waals surface area contributed by atoms with Crippen LogP contribution in [0.15, 0.2) is 36.4 Å². The van der Waals surface area contributed by atoms with Gasteiger partial charge in [-0.25, -0.2) is 0 Å². The monoisotopic (exact) mass is 323 g/mol. The second-order valence-corrected chi connectivity index (χ2v) is 5.50. The maximum atomic E-state index is 10.9. The molecule has 5 heteroatoms. The van der Waals surface area contributed by atoms with Crippen LogP contribution >= 0.6 is 12.2 Å². The number of carboxylic acid groups (broad SMARTS) is 1. The second-order valence-electron chi connectivity index (χ2n) is 5.10. The second kappa shape index (κ2) is 7.88. The van der Waals surface area contributed by atoms with Crippen molar-refractivity contribution in [1.82, 2.24) is 0 Å². The number of anilines is 1. The molecule has 0 bridgehead atoms. The predicted octanol–water partition coefficient (Wildman–Crippen LogP) is 2.63. The van der Waals surface area contributed by atoms with Gasteiger partial charge in [0.1, 0.15) is 0 Å². The van der Waals surface area contributed by atoms with Crippen LogP contribution in [0.25, 0.3) is 0 Å². The van der Waals surface area contributed by atoms with Crippen molar-refractivity contribution < 1.29 is 9.90 Å². The molecule has 3 N–H and O–H groups in total. The van der Waals surface area contributed by atoms with Crippen molar-refractivity contribution in [2.45, 2.75) is 20.3 Å². The topological polar surface area (TPSA) is 63.3 Å². The van der Waals surface area contributed by atoms with E-state index in [1.54, 1.807) is 6.07 Å². The van der Waals surface area contributed by atoms with Gasteiger partial charge in [0.2, 0.25) is 0 Å². The number of carbonyl (C=O) groups is 1. The third-order valence-electron chi connectivity index (χ3n) is 3.43. The fourth-order valence-corrected chi connectivity index (χ4v) is 2.65. The van der Waals surface area contributed by atoms with Crippen LogP contribution in [-0.2, 0) is 11.2 Å². The molecular formula is C17H18NNaO2S. The van der Waals surface area contributed by atoms with Crippen LogP contribution < -0.4 is 5.73 Å². The van der Waals surface area contributed by atoms with E-state index in [0.717, 1.165) is 22.3 Å². The first kappa shape index (κ1) is 18.8. The first-order chi connectivity index (χ1) is 9.90. The van der Waals surface area contributed by atoms with E-state index in [4.69, 9.17) is 23.1 Å². The molecule has 0 amide bonds. The molecule has 0 aromatic heterocycles. The quantitative estimate of drug-likeness (QED) is 0.393. The van der Waals surface area contributed by atoms with Crippen molar-refractivity contribution in [1.29, 1.82) is 0 Å². The Morgan fingerprint density at radius 2 is 1.73 bits per heavy atom. The average Bonchev–Trinajstić information content (AvgIpc) is 2.42. The molecule has 0 aliphatic rings. The van der Waals surface area contributed by atoms with Gasteiger partial charge >= 0.3 is 35.5 Å². The van der Waals surface area contributed by atoms with Crippen LogP contribution in [0.4, 0.5) is 5.69 Å². The molecule has 0 radical (unpaired) electrons. The number of benzene rings is 2. The van der Waals surface area contributed by atoms with Crippen LogP contribution in [0, 0.1) is 13.8 Å². The molecule has 22 heavy (non-hydrogen) atoms. The Hall–Kier alpha value is -1.20. The summed E-state index contributed by atoms with van der Waals surface area (Å²) in [6.07, 6.45) is -0.102. The third-order valence-corrected chi connectivity index (χ3v) is 3.87. The van der Waals surface area contributed by atoms with E-state index < -0.39 is 5.97 Å². The first-order valence-corrected chi connectivity index (χ1v) is 7.02. The van der Waals surface area contributed by atoms with Gasteiger partial charge in [-0.15, -0.1) is 0 Å². The first-order valence-electron chi connectivity index (χ1n) is 6.61. The van der Waals surface area contributed by atoms with E-state index in [-0.39, 0.29) is 36.0 Å². The Morgan fingerprint density at radius 1 is 1.14 bits per heavy atom. The van der Waals surface area contributed by atoms with Gasteiger partial charge in [-0.2, -0.15) is 0 Å². The summed E-state index contributed by atoms with van der Waals surface area (Å²) >= 11 is 5.55. The van der Waals surface area contributed by atoms with Crippen molar-refractivity contribution in [2.75, 3.05) is 5.73 Å². The van der Waals surface area contributed by atoms with Crippen molar-refractivity contribution in [3.05, 3.63) is 64.2 Å². The molecule has 0 saturated carbocycles. The summed E-state index contributed by atoms with van der Waals surface area (Å²) in [4.78, 5) is 11.6. The van der Waals surface area contributed by atoms with Crippen LogP contribution in [-0.4, -0.2) is 45.5 Å². The summed E-state index contributed by atoms with van der Waals surface area (Å²) in [5.74, 6) is -0.905. The van der Waals surface area contributed by atoms with E-state index in [0.29, 0.717) is 16.1 Å². The van der Waals surface area contributed by atoms with Crippen molar-refractivity contribution in [3.8, 4) is 0 Å². The fraction of sp³-hybridized carbons (Fsp3) is 0.176. The van der Waals surface area contributed by atoms with E-state index in [9.17, 15) is 4.79 Å². The average molecular weight is 323 g/mol. The zero-order valence-corrected chi connectivity index (χ0v) is 12.8.